The van der Waals surface area contributed by atoms with Crippen LogP contribution in [-0.4, -0.2) is 96.9 Å². The van der Waals surface area contributed by atoms with Crippen LogP contribution in [0.5, 0.6) is 0 Å². The Morgan fingerprint density at radius 2 is 1.00 bits per heavy atom. The van der Waals surface area contributed by atoms with Crippen molar-refractivity contribution in [3.8, 4) is 0 Å². The highest BCUT2D eigenvalue weighted by Gasteiger charge is 2.42. The third-order valence-corrected chi connectivity index (χ3v) is 5.28. The molecule has 0 radical (unpaired) electrons. The van der Waals surface area contributed by atoms with Crippen LogP contribution >= 0.6 is 0 Å². The zero-order valence-electron chi connectivity index (χ0n) is 15.2. The summed E-state index contributed by atoms with van der Waals surface area (Å²) in [7, 11) is 0. The number of likely N-dealkylation sites (N-methyl/N-ethyl adjacent to an activating group) is 2. The number of rotatable bonds is 4. The molecule has 132 valence electrons. The topological polar surface area (TPSA) is 47.1 Å². The van der Waals surface area contributed by atoms with E-state index in [-0.39, 0.29) is 11.8 Å². The van der Waals surface area contributed by atoms with Gasteiger partial charge in [0.15, 0.2) is 0 Å². The number of piperazine rings is 2. The Kier molecular flexibility index (Phi) is 6.03. The van der Waals surface area contributed by atoms with E-state index in [0.717, 1.165) is 65.4 Å². The first-order valence-corrected chi connectivity index (χ1v) is 8.93. The Bertz CT molecular complexity index is 384. The van der Waals surface area contributed by atoms with Crippen LogP contribution in [0.3, 0.4) is 0 Å². The number of amides is 2. The highest BCUT2D eigenvalue weighted by Crippen LogP contribution is 2.24. The average Bonchev–Trinajstić information content (AvgIpc) is 2.60. The van der Waals surface area contributed by atoms with Crippen LogP contribution in [0.2, 0.25) is 0 Å². The van der Waals surface area contributed by atoms with E-state index in [9.17, 15) is 9.59 Å². The summed E-state index contributed by atoms with van der Waals surface area (Å²) in [6.07, 6.45) is 0. The molecule has 2 saturated heterocycles. The van der Waals surface area contributed by atoms with Crippen molar-refractivity contribution in [3.05, 3.63) is 0 Å². The molecule has 2 fully saturated rings. The monoisotopic (exact) mass is 324 g/mol. The van der Waals surface area contributed by atoms with Gasteiger partial charge < -0.3 is 19.6 Å². The fourth-order valence-corrected chi connectivity index (χ4v) is 3.42. The molecular formula is C17H32N4O2. The third-order valence-electron chi connectivity index (χ3n) is 5.28. The van der Waals surface area contributed by atoms with E-state index in [1.807, 2.05) is 9.80 Å². The molecule has 2 amide bonds. The quantitative estimate of drug-likeness (QED) is 0.700. The van der Waals surface area contributed by atoms with Crippen LogP contribution in [0.15, 0.2) is 0 Å². The summed E-state index contributed by atoms with van der Waals surface area (Å²) >= 11 is 0. The summed E-state index contributed by atoms with van der Waals surface area (Å²) in [6.45, 7) is 16.4. The zero-order chi connectivity index (χ0) is 17.0. The van der Waals surface area contributed by atoms with Crippen molar-refractivity contribution in [1.82, 2.24) is 19.6 Å². The Balaban J connectivity index is 1.94. The molecule has 0 bridgehead atoms. The second-order valence-electron chi connectivity index (χ2n) is 7.08. The van der Waals surface area contributed by atoms with E-state index < -0.39 is 5.41 Å². The van der Waals surface area contributed by atoms with Crippen LogP contribution in [0, 0.1) is 5.41 Å². The van der Waals surface area contributed by atoms with Gasteiger partial charge in [-0.05, 0) is 26.9 Å². The lowest BCUT2D eigenvalue weighted by Gasteiger charge is -2.41. The smallest absolute Gasteiger partial charge is 0.237 e. The second-order valence-corrected chi connectivity index (χ2v) is 7.08. The van der Waals surface area contributed by atoms with Gasteiger partial charge in [-0.15, -0.1) is 0 Å². The number of nitrogens with zero attached hydrogens (tertiary/aromatic N) is 4. The normalized spacial score (nSPS) is 21.6. The van der Waals surface area contributed by atoms with Crippen molar-refractivity contribution in [2.75, 3.05) is 65.4 Å². The maximum Gasteiger partial charge on any atom is 0.237 e. The fraction of sp³-hybridized carbons (Fsp3) is 0.882. The molecule has 23 heavy (non-hydrogen) atoms. The van der Waals surface area contributed by atoms with E-state index in [0.29, 0.717) is 0 Å². The highest BCUT2D eigenvalue weighted by atomic mass is 16.2. The van der Waals surface area contributed by atoms with Gasteiger partial charge in [-0.3, -0.25) is 9.59 Å². The van der Waals surface area contributed by atoms with Crippen molar-refractivity contribution < 1.29 is 9.59 Å². The van der Waals surface area contributed by atoms with Crippen LogP contribution in [0.1, 0.15) is 27.7 Å². The highest BCUT2D eigenvalue weighted by molar-refractivity contribution is 6.04. The van der Waals surface area contributed by atoms with Gasteiger partial charge in [0.25, 0.3) is 0 Å². The third kappa shape index (κ3) is 4.04. The fourth-order valence-electron chi connectivity index (χ4n) is 3.42. The number of carbonyl (C=O) groups excluding carboxylic acids is 2. The van der Waals surface area contributed by atoms with E-state index in [2.05, 4.69) is 23.6 Å². The van der Waals surface area contributed by atoms with Crippen molar-refractivity contribution in [3.63, 3.8) is 0 Å². The summed E-state index contributed by atoms with van der Waals surface area (Å²) < 4.78 is 0. The van der Waals surface area contributed by atoms with Gasteiger partial charge in [-0.1, -0.05) is 13.8 Å². The lowest BCUT2D eigenvalue weighted by molar-refractivity contribution is -0.156. The minimum Gasteiger partial charge on any atom is -0.339 e. The van der Waals surface area contributed by atoms with Gasteiger partial charge in [-0.25, -0.2) is 0 Å². The first kappa shape index (κ1) is 18.2. The second kappa shape index (κ2) is 7.62. The average molecular weight is 324 g/mol. The number of hydrogen-bond donors (Lipinski definition) is 0. The minimum absolute atomic E-state index is 0.0174. The molecule has 6 nitrogen and oxygen atoms in total. The van der Waals surface area contributed by atoms with Gasteiger partial charge in [-0.2, -0.15) is 0 Å². The lowest BCUT2D eigenvalue weighted by Crippen LogP contribution is -2.58. The molecule has 2 aliphatic rings. The van der Waals surface area contributed by atoms with Gasteiger partial charge in [0.1, 0.15) is 5.41 Å². The van der Waals surface area contributed by atoms with Gasteiger partial charge >= 0.3 is 0 Å². The molecule has 0 aliphatic carbocycles. The van der Waals surface area contributed by atoms with E-state index in [4.69, 9.17) is 0 Å². The first-order chi connectivity index (χ1) is 10.9. The zero-order valence-corrected chi connectivity index (χ0v) is 15.2. The van der Waals surface area contributed by atoms with Crippen LogP contribution in [0.25, 0.3) is 0 Å². The standard InChI is InChI=1S/C17H32N4O2/c1-5-18-7-11-20(12-8-18)15(22)17(3,4)16(23)21-13-9-19(6-2)10-14-21/h5-14H2,1-4H3. The Hall–Kier alpha value is -1.14. The molecular weight excluding hydrogens is 292 g/mol. The minimum atomic E-state index is -0.956. The SMILES string of the molecule is CCN1CCN(C(=O)C(C)(C)C(=O)N2CCN(CC)CC2)CC1. The number of hydrogen-bond acceptors (Lipinski definition) is 4. The van der Waals surface area contributed by atoms with Crippen molar-refractivity contribution in [1.29, 1.82) is 0 Å². The number of carbonyl (C=O) groups is 2. The van der Waals surface area contributed by atoms with Gasteiger partial charge in [0.2, 0.25) is 11.8 Å². The maximum atomic E-state index is 12.9. The van der Waals surface area contributed by atoms with Crippen molar-refractivity contribution >= 4 is 11.8 Å². The molecule has 0 aromatic carbocycles. The summed E-state index contributed by atoms with van der Waals surface area (Å²) in [4.78, 5) is 34.1. The molecule has 0 atom stereocenters. The molecule has 0 aromatic rings. The van der Waals surface area contributed by atoms with Crippen molar-refractivity contribution in [2.45, 2.75) is 27.7 Å². The molecule has 6 heteroatoms. The largest absolute Gasteiger partial charge is 0.339 e. The Morgan fingerprint density at radius 3 is 1.26 bits per heavy atom. The van der Waals surface area contributed by atoms with Gasteiger partial charge in [0.05, 0.1) is 0 Å². The van der Waals surface area contributed by atoms with Crippen LogP contribution < -0.4 is 0 Å². The molecule has 2 aliphatic heterocycles. The van der Waals surface area contributed by atoms with Crippen LogP contribution in [0.4, 0.5) is 0 Å². The molecule has 2 heterocycles. The first-order valence-electron chi connectivity index (χ1n) is 8.93. The Labute approximate surface area is 140 Å². The molecule has 0 unspecified atom stereocenters. The maximum absolute atomic E-state index is 12.9. The summed E-state index contributed by atoms with van der Waals surface area (Å²) in [5.41, 5.74) is -0.956. The molecule has 2 rings (SSSR count). The van der Waals surface area contributed by atoms with Crippen LogP contribution in [-0.2, 0) is 9.59 Å². The lowest BCUT2D eigenvalue weighted by atomic mass is 9.89. The van der Waals surface area contributed by atoms with E-state index in [1.54, 1.807) is 13.8 Å². The summed E-state index contributed by atoms with van der Waals surface area (Å²) in [5, 5.41) is 0. The predicted molar refractivity (Wildman–Crippen MR) is 91.2 cm³/mol. The predicted octanol–water partition coefficient (Wildman–Crippen LogP) is 0.341. The summed E-state index contributed by atoms with van der Waals surface area (Å²) in [6, 6.07) is 0. The molecule has 0 aromatic heterocycles. The van der Waals surface area contributed by atoms with E-state index >= 15 is 0 Å². The van der Waals surface area contributed by atoms with Crippen molar-refractivity contribution in [2.24, 2.45) is 5.41 Å². The Morgan fingerprint density at radius 1 is 0.696 bits per heavy atom. The molecule has 0 spiro atoms. The molecule has 0 N–H and O–H groups in total. The van der Waals surface area contributed by atoms with E-state index in [1.165, 1.54) is 0 Å². The van der Waals surface area contributed by atoms with Gasteiger partial charge in [0, 0.05) is 52.4 Å². The summed E-state index contributed by atoms with van der Waals surface area (Å²) in [5.74, 6) is -0.0349. The molecule has 0 saturated carbocycles.